The molecule has 0 fully saturated rings. The molecule has 6 rings (SSSR count). The first-order chi connectivity index (χ1) is 15.5. The van der Waals surface area contributed by atoms with Crippen molar-refractivity contribution >= 4 is 45.2 Å². The zero-order valence-electron chi connectivity index (χ0n) is 17.2. The number of nitrogens with two attached hydrogens (primary N) is 1. The number of fused-ring (bicyclic) bond motifs is 1. The van der Waals surface area contributed by atoms with Gasteiger partial charge in [-0.2, -0.15) is 0 Å². The van der Waals surface area contributed by atoms with E-state index in [-0.39, 0.29) is 23.9 Å². The van der Waals surface area contributed by atoms with Gasteiger partial charge in [-0.05, 0) is 17.7 Å². The fourth-order valence-electron chi connectivity index (χ4n) is 4.93. The molecule has 4 aromatic rings. The Morgan fingerprint density at radius 3 is 2.72 bits per heavy atom. The molecule has 8 heteroatoms. The molecule has 32 heavy (non-hydrogen) atoms. The van der Waals surface area contributed by atoms with Crippen LogP contribution in [0.2, 0.25) is 0 Å². The van der Waals surface area contributed by atoms with E-state index in [0.717, 1.165) is 27.7 Å². The first kappa shape index (κ1) is 18.6. The number of para-hydroxylation sites is 1. The zero-order valence-corrected chi connectivity index (χ0v) is 17.2. The summed E-state index contributed by atoms with van der Waals surface area (Å²) < 4.78 is 3.96. The molecule has 0 atom stereocenters. The minimum Gasteiger partial charge on any atom is -0.370 e. The minimum absolute atomic E-state index is 0.0437. The third kappa shape index (κ3) is 2.56. The van der Waals surface area contributed by atoms with Crippen molar-refractivity contribution in [2.24, 2.45) is 5.73 Å². The molecule has 0 spiro atoms. The van der Waals surface area contributed by atoms with E-state index in [4.69, 9.17) is 11.1 Å². The van der Waals surface area contributed by atoms with Crippen LogP contribution in [0.4, 0.5) is 0 Å². The van der Waals surface area contributed by atoms with Crippen LogP contribution in [0.1, 0.15) is 23.2 Å². The topological polar surface area (TPSA) is 109 Å². The molecule has 158 valence electrons. The van der Waals surface area contributed by atoms with Gasteiger partial charge >= 0.3 is 0 Å². The van der Waals surface area contributed by atoms with Gasteiger partial charge < -0.3 is 15.2 Å². The van der Waals surface area contributed by atoms with Crippen molar-refractivity contribution in [3.05, 3.63) is 71.8 Å². The maximum atomic E-state index is 13.1. The normalized spacial score (nSPS) is 16.4. The van der Waals surface area contributed by atoms with Crippen LogP contribution in [0.5, 0.6) is 0 Å². The van der Waals surface area contributed by atoms with Crippen LogP contribution in [0.15, 0.2) is 55.0 Å². The van der Waals surface area contributed by atoms with Crippen molar-refractivity contribution < 1.29 is 9.59 Å². The summed E-state index contributed by atoms with van der Waals surface area (Å²) in [6.07, 6.45) is 5.36. The Kier molecular flexibility index (Phi) is 3.86. The Labute approximate surface area is 183 Å². The molecular weight excluding hydrogens is 404 g/mol. The van der Waals surface area contributed by atoms with Crippen LogP contribution < -0.4 is 5.73 Å². The lowest BCUT2D eigenvalue weighted by molar-refractivity contribution is -0.119. The molecule has 2 aliphatic rings. The summed E-state index contributed by atoms with van der Waals surface area (Å²) in [6.45, 7) is 1.76. The number of rotatable bonds is 2. The number of imidazole rings is 1. The van der Waals surface area contributed by atoms with Gasteiger partial charge in [-0.25, -0.2) is 4.98 Å². The number of Topliss-reactive ketones (excluding diaryl/α,β-unsaturated/α-hetero) is 2. The summed E-state index contributed by atoms with van der Waals surface area (Å²) >= 11 is 0. The lowest BCUT2D eigenvalue weighted by Gasteiger charge is -2.20. The van der Waals surface area contributed by atoms with E-state index in [1.807, 2.05) is 58.1 Å². The molecule has 0 bridgehead atoms. The van der Waals surface area contributed by atoms with Gasteiger partial charge in [-0.15, -0.1) is 0 Å². The number of hydrogen-bond donors (Lipinski definition) is 2. The van der Waals surface area contributed by atoms with Crippen LogP contribution >= 0.6 is 0 Å². The Bertz CT molecular complexity index is 1510. The first-order valence-corrected chi connectivity index (χ1v) is 10.5. The Balaban J connectivity index is 1.61. The highest BCUT2D eigenvalue weighted by atomic mass is 16.2. The number of carbonyl (C=O) groups is 2. The Morgan fingerprint density at radius 1 is 1.03 bits per heavy atom. The molecule has 3 N–H and O–H groups in total. The Hall–Kier alpha value is -4.20. The van der Waals surface area contributed by atoms with Gasteiger partial charge in [0.1, 0.15) is 5.65 Å². The number of aromatic nitrogens is 3. The molecule has 0 radical (unpaired) electrons. The maximum Gasteiger partial charge on any atom is 0.188 e. The summed E-state index contributed by atoms with van der Waals surface area (Å²) in [6, 6.07) is 11.6. The smallest absolute Gasteiger partial charge is 0.188 e. The van der Waals surface area contributed by atoms with Gasteiger partial charge in [0.2, 0.25) is 0 Å². The van der Waals surface area contributed by atoms with E-state index < -0.39 is 0 Å². The number of carbonyl (C=O) groups excluding carboxylic acids is 2. The van der Waals surface area contributed by atoms with E-state index in [1.54, 1.807) is 6.20 Å². The van der Waals surface area contributed by atoms with Crippen molar-refractivity contribution in [2.75, 3.05) is 6.54 Å². The van der Waals surface area contributed by atoms with Gasteiger partial charge in [-0.3, -0.25) is 19.4 Å². The fraction of sp³-hybridized carbons (Fsp3) is 0.167. The van der Waals surface area contributed by atoms with Gasteiger partial charge in [0.25, 0.3) is 0 Å². The predicted molar refractivity (Wildman–Crippen MR) is 121 cm³/mol. The minimum atomic E-state index is -0.178. The second-order valence-electron chi connectivity index (χ2n) is 8.20. The SMILES string of the molecule is N=C(N)N1CCn2cc(C3=C(c4cnc5ccccn45)C(=O)CC3=O)c3cccc(c32)C1. The molecule has 0 saturated carbocycles. The highest BCUT2D eigenvalue weighted by Gasteiger charge is 2.36. The largest absolute Gasteiger partial charge is 0.370 e. The van der Waals surface area contributed by atoms with Crippen molar-refractivity contribution in [1.82, 2.24) is 18.9 Å². The highest BCUT2D eigenvalue weighted by molar-refractivity contribution is 6.51. The number of allylic oxidation sites excluding steroid dienone is 2. The van der Waals surface area contributed by atoms with Crippen LogP contribution in [0, 0.1) is 5.41 Å². The third-order valence-electron chi connectivity index (χ3n) is 6.37. The number of ketones is 2. The van der Waals surface area contributed by atoms with Gasteiger partial charge in [-0.1, -0.05) is 24.3 Å². The lowest BCUT2D eigenvalue weighted by Crippen LogP contribution is -2.36. The third-order valence-corrected chi connectivity index (χ3v) is 6.37. The number of benzene rings is 1. The van der Waals surface area contributed by atoms with Crippen LogP contribution in [0.3, 0.4) is 0 Å². The second kappa shape index (κ2) is 6.65. The number of nitrogens with zero attached hydrogens (tertiary/aromatic N) is 4. The van der Waals surface area contributed by atoms with E-state index in [1.165, 1.54) is 0 Å². The molecular formula is C24H20N6O2. The molecule has 0 amide bonds. The lowest BCUT2D eigenvalue weighted by atomic mass is 9.98. The van der Waals surface area contributed by atoms with Crippen molar-refractivity contribution in [3.8, 4) is 0 Å². The average molecular weight is 424 g/mol. The standard InChI is InChI=1S/C24H20N6O2/c25-24(26)29-9-8-28-13-16(15-5-3-4-14(12-29)23(15)28)21-18(31)10-19(32)22(21)17-11-27-20-6-1-2-7-30(17)20/h1-7,11,13H,8-10,12H2,(H3,25,26). The molecule has 4 heterocycles. The number of pyridine rings is 1. The van der Waals surface area contributed by atoms with Crippen molar-refractivity contribution in [2.45, 2.75) is 19.5 Å². The van der Waals surface area contributed by atoms with E-state index in [0.29, 0.717) is 36.5 Å². The predicted octanol–water partition coefficient (Wildman–Crippen LogP) is 2.45. The van der Waals surface area contributed by atoms with E-state index in [2.05, 4.69) is 9.55 Å². The Morgan fingerprint density at radius 2 is 1.88 bits per heavy atom. The van der Waals surface area contributed by atoms with Gasteiger partial charge in [0, 0.05) is 48.6 Å². The molecule has 0 saturated heterocycles. The maximum absolute atomic E-state index is 13.1. The van der Waals surface area contributed by atoms with Gasteiger partial charge in [0.05, 0.1) is 29.4 Å². The van der Waals surface area contributed by atoms with Gasteiger partial charge in [0.15, 0.2) is 17.5 Å². The first-order valence-electron chi connectivity index (χ1n) is 10.5. The summed E-state index contributed by atoms with van der Waals surface area (Å²) in [4.78, 5) is 32.4. The summed E-state index contributed by atoms with van der Waals surface area (Å²) in [5.41, 5.74) is 10.8. The van der Waals surface area contributed by atoms with Crippen molar-refractivity contribution in [1.29, 1.82) is 5.41 Å². The van der Waals surface area contributed by atoms with Crippen LogP contribution in [-0.2, 0) is 22.7 Å². The average Bonchev–Trinajstić information content (AvgIpc) is 3.39. The molecule has 0 unspecified atom stereocenters. The van der Waals surface area contributed by atoms with Crippen molar-refractivity contribution in [3.63, 3.8) is 0 Å². The summed E-state index contributed by atoms with van der Waals surface area (Å²) in [5, 5.41) is 8.76. The number of nitrogens with one attached hydrogen (secondary N) is 1. The van der Waals surface area contributed by atoms with Crippen LogP contribution in [-0.4, -0.2) is 42.9 Å². The molecule has 8 nitrogen and oxygen atoms in total. The number of hydrogen-bond acceptors (Lipinski definition) is 4. The van der Waals surface area contributed by atoms with E-state index >= 15 is 0 Å². The quantitative estimate of drug-likeness (QED) is 0.292. The molecule has 3 aromatic heterocycles. The molecule has 1 aliphatic carbocycles. The monoisotopic (exact) mass is 424 g/mol. The fourth-order valence-corrected chi connectivity index (χ4v) is 4.93. The number of guanidine groups is 1. The second-order valence-corrected chi connectivity index (χ2v) is 8.20. The zero-order chi connectivity index (χ0) is 22.0. The van der Waals surface area contributed by atoms with E-state index in [9.17, 15) is 9.59 Å². The summed E-state index contributed by atoms with van der Waals surface area (Å²) in [7, 11) is 0. The van der Waals surface area contributed by atoms with Crippen LogP contribution in [0.25, 0.3) is 27.7 Å². The summed E-state index contributed by atoms with van der Waals surface area (Å²) in [5.74, 6) is -0.299. The molecule has 1 aromatic carbocycles. The molecule has 1 aliphatic heterocycles. The highest BCUT2D eigenvalue weighted by Crippen LogP contribution is 2.40.